The van der Waals surface area contributed by atoms with Crippen molar-refractivity contribution < 1.29 is 19.4 Å². The molecule has 0 amide bonds. The molecule has 0 unspecified atom stereocenters. The summed E-state index contributed by atoms with van der Waals surface area (Å²) in [5.74, 6) is -3.29. The molecule has 0 radical (unpaired) electrons. The highest BCUT2D eigenvalue weighted by atomic mass is 16.5. The molecule has 0 aromatic heterocycles. The van der Waals surface area contributed by atoms with Crippen LogP contribution in [-0.2, 0) is 14.3 Å². The van der Waals surface area contributed by atoms with E-state index in [1.54, 1.807) is 31.2 Å². The highest BCUT2D eigenvalue weighted by Crippen LogP contribution is 2.39. The lowest BCUT2D eigenvalue weighted by molar-refractivity contribution is -0.147. The average molecular weight is 312 g/mol. The maximum Gasteiger partial charge on any atom is 0.311 e. The minimum Gasteiger partial charge on any atom is -0.481 e. The molecule has 0 aliphatic rings. The Balaban J connectivity index is 2.54. The summed E-state index contributed by atoms with van der Waals surface area (Å²) in [5, 5.41) is 9.81. The first-order valence-corrected chi connectivity index (χ1v) is 7.46. The topological polar surface area (TPSA) is 63.6 Å². The zero-order valence-electron chi connectivity index (χ0n) is 13.2. The molecule has 1 N–H and O–H groups in total. The predicted molar refractivity (Wildman–Crippen MR) is 87.2 cm³/mol. The van der Waals surface area contributed by atoms with Gasteiger partial charge in [0.05, 0.1) is 18.9 Å². The number of benzene rings is 2. The van der Waals surface area contributed by atoms with Gasteiger partial charge < -0.3 is 9.84 Å². The van der Waals surface area contributed by atoms with E-state index in [9.17, 15) is 14.7 Å². The molecule has 0 saturated carbocycles. The first-order chi connectivity index (χ1) is 11.1. The summed E-state index contributed by atoms with van der Waals surface area (Å²) in [6.07, 6.45) is 0. The summed E-state index contributed by atoms with van der Waals surface area (Å²) >= 11 is 0. The van der Waals surface area contributed by atoms with E-state index in [2.05, 4.69) is 0 Å². The number of aliphatic carboxylic acids is 1. The van der Waals surface area contributed by atoms with Gasteiger partial charge >= 0.3 is 11.9 Å². The Morgan fingerprint density at radius 1 is 0.913 bits per heavy atom. The third-order valence-electron chi connectivity index (χ3n) is 4.08. The van der Waals surface area contributed by atoms with Crippen LogP contribution in [-0.4, -0.2) is 24.2 Å². The standard InChI is InChI=1S/C19H20O4/c1-13(19(22)23-2)16(14-9-5-3-6-10-14)17(18(20)21)15-11-7-4-8-12-15/h3-13,16-17H,1-2H3,(H,20,21)/t13-,16+,17-/m1/s1. The van der Waals surface area contributed by atoms with Crippen molar-refractivity contribution in [3.8, 4) is 0 Å². The lowest BCUT2D eigenvalue weighted by Crippen LogP contribution is -2.30. The summed E-state index contributed by atoms with van der Waals surface area (Å²) in [6, 6.07) is 18.2. The van der Waals surface area contributed by atoms with Gasteiger partial charge in [-0.25, -0.2) is 0 Å². The van der Waals surface area contributed by atoms with Gasteiger partial charge in [-0.1, -0.05) is 67.6 Å². The van der Waals surface area contributed by atoms with Crippen molar-refractivity contribution in [1.29, 1.82) is 0 Å². The van der Waals surface area contributed by atoms with E-state index >= 15 is 0 Å². The quantitative estimate of drug-likeness (QED) is 0.830. The van der Waals surface area contributed by atoms with Crippen LogP contribution in [0.3, 0.4) is 0 Å². The van der Waals surface area contributed by atoms with Gasteiger partial charge in [0.1, 0.15) is 0 Å². The van der Waals surface area contributed by atoms with Crippen molar-refractivity contribution >= 4 is 11.9 Å². The minimum atomic E-state index is -0.958. The lowest BCUT2D eigenvalue weighted by atomic mass is 9.74. The molecule has 0 spiro atoms. The van der Waals surface area contributed by atoms with E-state index in [0.717, 1.165) is 5.56 Å². The number of carbonyl (C=O) groups is 2. The summed E-state index contributed by atoms with van der Waals surface area (Å²) < 4.78 is 4.85. The first kappa shape index (κ1) is 16.7. The molecule has 0 bridgehead atoms. The van der Waals surface area contributed by atoms with E-state index in [1.165, 1.54) is 7.11 Å². The van der Waals surface area contributed by atoms with Crippen LogP contribution in [0, 0.1) is 5.92 Å². The van der Waals surface area contributed by atoms with E-state index < -0.39 is 29.7 Å². The Kier molecular flexibility index (Phi) is 5.52. The summed E-state index contributed by atoms with van der Waals surface area (Å²) in [6.45, 7) is 1.71. The molecule has 3 atom stereocenters. The second kappa shape index (κ2) is 7.58. The molecule has 23 heavy (non-hydrogen) atoms. The van der Waals surface area contributed by atoms with Gasteiger partial charge in [0.25, 0.3) is 0 Å². The number of hydrogen-bond acceptors (Lipinski definition) is 3. The second-order valence-electron chi connectivity index (χ2n) is 5.47. The van der Waals surface area contributed by atoms with Crippen molar-refractivity contribution in [1.82, 2.24) is 0 Å². The van der Waals surface area contributed by atoms with Gasteiger partial charge in [-0.3, -0.25) is 9.59 Å². The first-order valence-electron chi connectivity index (χ1n) is 7.46. The number of ether oxygens (including phenoxy) is 1. The molecule has 0 saturated heterocycles. The van der Waals surface area contributed by atoms with Crippen molar-refractivity contribution in [2.45, 2.75) is 18.8 Å². The number of carboxylic acids is 1. The number of methoxy groups -OCH3 is 1. The van der Waals surface area contributed by atoms with Gasteiger partial charge in [-0.2, -0.15) is 0 Å². The second-order valence-corrected chi connectivity index (χ2v) is 5.47. The third kappa shape index (κ3) is 3.77. The molecule has 0 aliphatic heterocycles. The van der Waals surface area contributed by atoms with Crippen LogP contribution in [0.5, 0.6) is 0 Å². The van der Waals surface area contributed by atoms with Crippen LogP contribution in [0.1, 0.15) is 29.9 Å². The number of rotatable bonds is 6. The fraction of sp³-hybridized carbons (Fsp3) is 0.263. The highest BCUT2D eigenvalue weighted by Gasteiger charge is 2.38. The Bertz CT molecular complexity index is 652. The molecule has 0 fully saturated rings. The van der Waals surface area contributed by atoms with Gasteiger partial charge in [0, 0.05) is 5.92 Å². The normalized spacial score (nSPS) is 14.5. The van der Waals surface area contributed by atoms with Crippen LogP contribution >= 0.6 is 0 Å². The molecular formula is C19H20O4. The Labute approximate surface area is 135 Å². The summed E-state index contributed by atoms with van der Waals surface area (Å²) in [7, 11) is 1.32. The van der Waals surface area contributed by atoms with Crippen LogP contribution in [0.25, 0.3) is 0 Å². The van der Waals surface area contributed by atoms with Crippen LogP contribution < -0.4 is 0 Å². The zero-order chi connectivity index (χ0) is 16.8. The van der Waals surface area contributed by atoms with E-state index in [1.807, 2.05) is 36.4 Å². The largest absolute Gasteiger partial charge is 0.481 e. The molecule has 2 rings (SSSR count). The molecule has 120 valence electrons. The van der Waals surface area contributed by atoms with Gasteiger partial charge in [0.15, 0.2) is 0 Å². The van der Waals surface area contributed by atoms with Crippen molar-refractivity contribution in [2.75, 3.05) is 7.11 Å². The van der Waals surface area contributed by atoms with E-state index in [0.29, 0.717) is 5.56 Å². The van der Waals surface area contributed by atoms with Gasteiger partial charge in [-0.15, -0.1) is 0 Å². The predicted octanol–water partition coefficient (Wildman–Crippen LogP) is 3.45. The lowest BCUT2D eigenvalue weighted by Gasteiger charge is -2.28. The molecule has 2 aromatic rings. The molecule has 0 heterocycles. The van der Waals surface area contributed by atoms with E-state index in [4.69, 9.17) is 4.74 Å². The molecule has 4 nitrogen and oxygen atoms in total. The monoisotopic (exact) mass is 312 g/mol. The number of carbonyl (C=O) groups excluding carboxylic acids is 1. The summed E-state index contributed by atoms with van der Waals surface area (Å²) in [5.41, 5.74) is 1.48. The Morgan fingerprint density at radius 3 is 1.83 bits per heavy atom. The van der Waals surface area contributed by atoms with Crippen molar-refractivity contribution in [3.05, 3.63) is 71.8 Å². The minimum absolute atomic E-state index is 0.416. The smallest absolute Gasteiger partial charge is 0.311 e. The average Bonchev–Trinajstić information content (AvgIpc) is 2.59. The van der Waals surface area contributed by atoms with Crippen molar-refractivity contribution in [2.24, 2.45) is 5.92 Å². The van der Waals surface area contributed by atoms with Crippen LogP contribution in [0.15, 0.2) is 60.7 Å². The SMILES string of the molecule is COC(=O)[C@H](C)[C@@H](c1ccccc1)[C@H](C(=O)O)c1ccccc1. The van der Waals surface area contributed by atoms with E-state index in [-0.39, 0.29) is 0 Å². The highest BCUT2D eigenvalue weighted by molar-refractivity contribution is 5.81. The Morgan fingerprint density at radius 2 is 1.39 bits per heavy atom. The number of carboxylic acid groups (broad SMARTS) is 1. The van der Waals surface area contributed by atoms with Crippen molar-refractivity contribution in [3.63, 3.8) is 0 Å². The molecule has 0 aliphatic carbocycles. The van der Waals surface area contributed by atoms with Crippen LogP contribution in [0.4, 0.5) is 0 Å². The maximum absolute atomic E-state index is 12.1. The molecular weight excluding hydrogens is 292 g/mol. The maximum atomic E-state index is 12.1. The third-order valence-corrected chi connectivity index (χ3v) is 4.08. The van der Waals surface area contributed by atoms with Crippen LogP contribution in [0.2, 0.25) is 0 Å². The number of hydrogen-bond donors (Lipinski definition) is 1. The van der Waals surface area contributed by atoms with Gasteiger partial charge in [0.2, 0.25) is 0 Å². The molecule has 2 aromatic carbocycles. The molecule has 4 heteroatoms. The fourth-order valence-electron chi connectivity index (χ4n) is 2.94. The van der Waals surface area contributed by atoms with Gasteiger partial charge in [-0.05, 0) is 11.1 Å². The fourth-order valence-corrected chi connectivity index (χ4v) is 2.94. The zero-order valence-corrected chi connectivity index (χ0v) is 13.2. The number of esters is 1. The Hall–Kier alpha value is -2.62. The summed E-state index contributed by atoms with van der Waals surface area (Å²) in [4.78, 5) is 24.0.